The number of benzene rings is 1. The average molecular weight is 524 g/mol. The molecule has 2 aromatic rings. The summed E-state index contributed by atoms with van der Waals surface area (Å²) in [4.78, 5) is 16.7. The third-order valence-electron chi connectivity index (χ3n) is 5.86. The molecule has 0 N–H and O–H groups in total. The molecule has 174 valence electrons. The number of esters is 1. The number of ether oxygens (including phenoxy) is 1. The van der Waals surface area contributed by atoms with E-state index in [1.165, 1.54) is 21.3 Å². The molecule has 1 aliphatic rings. The summed E-state index contributed by atoms with van der Waals surface area (Å²) in [5.41, 5.74) is 1.93. The van der Waals surface area contributed by atoms with Crippen molar-refractivity contribution in [3.05, 3.63) is 64.4 Å². The zero-order chi connectivity index (χ0) is 23.3. The number of methoxy groups -OCH3 is 1. The van der Waals surface area contributed by atoms with Crippen molar-refractivity contribution >= 4 is 32.1 Å². The summed E-state index contributed by atoms with van der Waals surface area (Å²) in [5.74, 6) is -0.505. The van der Waals surface area contributed by atoms with Crippen molar-refractivity contribution in [2.75, 3.05) is 20.2 Å². The fourth-order valence-electron chi connectivity index (χ4n) is 4.14. The van der Waals surface area contributed by atoms with Gasteiger partial charge in [0.15, 0.2) is 0 Å². The Kier molecular flexibility index (Phi) is 8.43. The first kappa shape index (κ1) is 24.8. The van der Waals surface area contributed by atoms with E-state index in [-0.39, 0.29) is 12.5 Å². The lowest BCUT2D eigenvalue weighted by Crippen LogP contribution is -2.54. The van der Waals surface area contributed by atoms with Crippen LogP contribution >= 0.6 is 15.9 Å². The summed E-state index contributed by atoms with van der Waals surface area (Å²) in [7, 11) is -2.62. The van der Waals surface area contributed by atoms with Crippen LogP contribution in [0.3, 0.4) is 0 Å². The van der Waals surface area contributed by atoms with Crippen molar-refractivity contribution < 1.29 is 17.9 Å². The van der Waals surface area contributed by atoms with Gasteiger partial charge in [-0.25, -0.2) is 0 Å². The minimum absolute atomic E-state index is 0.0563. The van der Waals surface area contributed by atoms with Gasteiger partial charge < -0.3 is 4.74 Å². The number of hydrogen-bond donors (Lipinski definition) is 0. The van der Waals surface area contributed by atoms with E-state index < -0.39 is 22.2 Å². The van der Waals surface area contributed by atoms with E-state index >= 15 is 0 Å². The number of nitrogens with zero attached hydrogens (tertiary/aromatic N) is 3. The Hall–Kier alpha value is -1.81. The lowest BCUT2D eigenvalue weighted by Gasteiger charge is -2.38. The maximum Gasteiger partial charge on any atom is 0.324 e. The molecule has 1 aliphatic heterocycles. The summed E-state index contributed by atoms with van der Waals surface area (Å²) in [6.07, 6.45) is 4.71. The molecule has 1 unspecified atom stereocenters. The van der Waals surface area contributed by atoms with E-state index in [1.54, 1.807) is 18.5 Å². The molecule has 2 heterocycles. The van der Waals surface area contributed by atoms with Crippen LogP contribution in [0.4, 0.5) is 0 Å². The summed E-state index contributed by atoms with van der Waals surface area (Å²) in [5, 5.41) is 0. The van der Waals surface area contributed by atoms with Crippen LogP contribution in [0.25, 0.3) is 0 Å². The summed E-state index contributed by atoms with van der Waals surface area (Å²) < 4.78 is 36.3. The van der Waals surface area contributed by atoms with Crippen LogP contribution in [0.15, 0.2) is 53.3 Å². The maximum absolute atomic E-state index is 13.8. The van der Waals surface area contributed by atoms with Crippen LogP contribution in [-0.4, -0.2) is 54.2 Å². The van der Waals surface area contributed by atoms with Crippen LogP contribution in [0.1, 0.15) is 43.7 Å². The van der Waals surface area contributed by atoms with Gasteiger partial charge in [-0.15, -0.1) is 0 Å². The van der Waals surface area contributed by atoms with Gasteiger partial charge in [-0.2, -0.15) is 17.0 Å². The summed E-state index contributed by atoms with van der Waals surface area (Å²) in [6, 6.07) is 10.8. The van der Waals surface area contributed by atoms with E-state index in [0.29, 0.717) is 19.0 Å². The topological polar surface area (TPSA) is 79.8 Å². The van der Waals surface area contributed by atoms with Crippen molar-refractivity contribution in [3.8, 4) is 0 Å². The number of carbonyl (C=O) groups excluding carboxylic acids is 1. The van der Waals surface area contributed by atoms with Gasteiger partial charge in [-0.1, -0.05) is 48.0 Å². The lowest BCUT2D eigenvalue weighted by molar-refractivity contribution is -0.147. The molecule has 0 amide bonds. The van der Waals surface area contributed by atoms with Crippen molar-refractivity contribution in [2.45, 2.75) is 45.2 Å². The number of carbonyl (C=O) groups is 1. The van der Waals surface area contributed by atoms with E-state index in [4.69, 9.17) is 4.74 Å². The molecule has 0 radical (unpaired) electrons. The molecule has 0 saturated carbocycles. The van der Waals surface area contributed by atoms with Crippen molar-refractivity contribution in [3.63, 3.8) is 0 Å². The SMILES string of the molecule is COC(=O)C(C(C)C)N(Cc1cccnc1)S(=O)(=O)N1CCC(c2ccc(Br)cc2)CC1. The Morgan fingerprint density at radius 3 is 2.41 bits per heavy atom. The molecule has 1 aromatic carbocycles. The molecule has 32 heavy (non-hydrogen) atoms. The first-order chi connectivity index (χ1) is 15.2. The van der Waals surface area contributed by atoms with E-state index in [2.05, 4.69) is 33.0 Å². The molecule has 0 bridgehead atoms. The molecule has 7 nitrogen and oxygen atoms in total. The molecule has 1 atom stereocenters. The average Bonchev–Trinajstić information content (AvgIpc) is 2.79. The number of halogens is 1. The van der Waals surface area contributed by atoms with Crippen LogP contribution in [0.2, 0.25) is 0 Å². The van der Waals surface area contributed by atoms with Gasteiger partial charge in [-0.05, 0) is 54.0 Å². The fraction of sp³-hybridized carbons (Fsp3) is 0.478. The molecule has 1 fully saturated rings. The third kappa shape index (κ3) is 5.75. The molecule has 0 aliphatic carbocycles. The van der Waals surface area contributed by atoms with Gasteiger partial charge in [-0.3, -0.25) is 9.78 Å². The molecule has 3 rings (SSSR count). The first-order valence-electron chi connectivity index (χ1n) is 10.7. The summed E-state index contributed by atoms with van der Waals surface area (Å²) in [6.45, 7) is 4.51. The summed E-state index contributed by atoms with van der Waals surface area (Å²) >= 11 is 3.46. The van der Waals surface area contributed by atoms with Gasteiger partial charge in [0.2, 0.25) is 0 Å². The minimum atomic E-state index is -3.90. The second-order valence-corrected chi connectivity index (χ2v) is 11.1. The first-order valence-corrected chi connectivity index (χ1v) is 12.9. The number of pyridine rings is 1. The van der Waals surface area contributed by atoms with Crippen molar-refractivity contribution in [1.29, 1.82) is 0 Å². The Labute approximate surface area is 199 Å². The molecular weight excluding hydrogens is 494 g/mol. The van der Waals surface area contributed by atoms with Gasteiger partial charge in [0.25, 0.3) is 10.2 Å². The number of aromatic nitrogens is 1. The highest BCUT2D eigenvalue weighted by atomic mass is 79.9. The lowest BCUT2D eigenvalue weighted by atomic mass is 9.90. The zero-order valence-corrected chi connectivity index (χ0v) is 21.0. The van der Waals surface area contributed by atoms with Gasteiger partial charge >= 0.3 is 5.97 Å². The Bertz CT molecular complexity index is 992. The minimum Gasteiger partial charge on any atom is -0.468 e. The number of hydrogen-bond acceptors (Lipinski definition) is 5. The molecular formula is C23H30BrN3O4S. The predicted molar refractivity (Wildman–Crippen MR) is 127 cm³/mol. The fourth-order valence-corrected chi connectivity index (χ4v) is 6.30. The molecule has 0 spiro atoms. The molecule has 1 saturated heterocycles. The van der Waals surface area contributed by atoms with Crippen molar-refractivity contribution in [1.82, 2.24) is 13.6 Å². The highest BCUT2D eigenvalue weighted by Gasteiger charge is 2.42. The standard InChI is InChI=1S/C23H30BrN3O4S/c1-17(2)22(23(28)31-3)27(16-18-5-4-12-25-15-18)32(29,30)26-13-10-20(11-14-26)19-6-8-21(24)9-7-19/h4-9,12,15,17,20,22H,10-11,13-14,16H2,1-3H3. The Balaban J connectivity index is 1.84. The van der Waals surface area contributed by atoms with Crippen LogP contribution in [0.5, 0.6) is 0 Å². The van der Waals surface area contributed by atoms with E-state index in [0.717, 1.165) is 22.9 Å². The quantitative estimate of drug-likeness (QED) is 0.489. The zero-order valence-electron chi connectivity index (χ0n) is 18.6. The van der Waals surface area contributed by atoms with Gasteiger partial charge in [0.05, 0.1) is 7.11 Å². The maximum atomic E-state index is 13.8. The van der Waals surface area contributed by atoms with E-state index in [9.17, 15) is 13.2 Å². The van der Waals surface area contributed by atoms with Gasteiger partial charge in [0, 0.05) is 36.5 Å². The predicted octanol–water partition coefficient (Wildman–Crippen LogP) is 3.97. The Morgan fingerprint density at radius 2 is 1.88 bits per heavy atom. The number of piperidine rings is 1. The van der Waals surface area contributed by atoms with E-state index in [1.807, 2.05) is 32.0 Å². The molecule has 1 aromatic heterocycles. The highest BCUT2D eigenvalue weighted by molar-refractivity contribution is 9.10. The Morgan fingerprint density at radius 1 is 1.22 bits per heavy atom. The second kappa shape index (κ2) is 10.9. The normalized spacial score (nSPS) is 16.9. The van der Waals surface area contributed by atoms with Crippen LogP contribution < -0.4 is 0 Å². The molecule has 9 heteroatoms. The number of rotatable bonds is 8. The van der Waals surface area contributed by atoms with Crippen molar-refractivity contribution in [2.24, 2.45) is 5.92 Å². The largest absolute Gasteiger partial charge is 0.468 e. The third-order valence-corrected chi connectivity index (χ3v) is 8.36. The smallest absolute Gasteiger partial charge is 0.324 e. The van der Waals surface area contributed by atoms with Crippen LogP contribution in [-0.2, 0) is 26.3 Å². The second-order valence-electron chi connectivity index (χ2n) is 8.35. The van der Waals surface area contributed by atoms with Crippen LogP contribution in [0, 0.1) is 5.92 Å². The monoisotopic (exact) mass is 523 g/mol. The highest BCUT2D eigenvalue weighted by Crippen LogP contribution is 2.32. The van der Waals surface area contributed by atoms with Gasteiger partial charge in [0.1, 0.15) is 6.04 Å².